The van der Waals surface area contributed by atoms with Crippen LogP contribution in [0.2, 0.25) is 0 Å². The summed E-state index contributed by atoms with van der Waals surface area (Å²) in [6.07, 6.45) is 1.54. The summed E-state index contributed by atoms with van der Waals surface area (Å²) in [5, 5.41) is 8.82. The van der Waals surface area contributed by atoms with E-state index in [0.717, 1.165) is 5.56 Å². The lowest BCUT2D eigenvalue weighted by Crippen LogP contribution is -2.26. The number of halogens is 1. The predicted molar refractivity (Wildman–Crippen MR) is 78.5 cm³/mol. The number of carboxylic acids is 1. The Hall–Kier alpha value is -1.70. The van der Waals surface area contributed by atoms with Crippen LogP contribution in [0.25, 0.3) is 0 Å². The lowest BCUT2D eigenvalue weighted by molar-refractivity contribution is 0.0697. The van der Waals surface area contributed by atoms with Gasteiger partial charge in [0.25, 0.3) is 5.56 Å². The quantitative estimate of drug-likeness (QED) is 0.838. The lowest BCUT2D eigenvalue weighted by Gasteiger charge is -2.09. The number of hydrogen-bond acceptors (Lipinski definition) is 3. The topological polar surface area (TPSA) is 72.2 Å². The number of hydrogen-bond donors (Lipinski definition) is 1. The Morgan fingerprint density at radius 2 is 2.00 bits per heavy atom. The van der Waals surface area contributed by atoms with E-state index in [1.807, 2.05) is 22.6 Å². The van der Waals surface area contributed by atoms with E-state index in [0.29, 0.717) is 15.9 Å². The van der Waals surface area contributed by atoms with Crippen LogP contribution < -0.4 is 5.56 Å². The van der Waals surface area contributed by atoms with Crippen LogP contribution in [0.15, 0.2) is 35.3 Å². The molecule has 2 aromatic rings. The van der Waals surface area contributed by atoms with Crippen LogP contribution in [0.5, 0.6) is 0 Å². The molecule has 0 unspecified atom stereocenters. The standard InChI is InChI=1S/C13H11IN2O3/c1-8-15-6-11(14)12(17)16(8)7-9-2-4-10(5-3-9)13(18)19/h2-6H,7H2,1H3,(H,18,19). The Bertz CT molecular complexity index is 677. The molecule has 1 heterocycles. The molecule has 0 saturated heterocycles. The van der Waals surface area contributed by atoms with Crippen molar-refractivity contribution in [3.05, 3.63) is 61.3 Å². The van der Waals surface area contributed by atoms with Crippen molar-refractivity contribution < 1.29 is 9.90 Å². The van der Waals surface area contributed by atoms with Gasteiger partial charge in [0.15, 0.2) is 0 Å². The van der Waals surface area contributed by atoms with Crippen molar-refractivity contribution in [3.63, 3.8) is 0 Å². The van der Waals surface area contributed by atoms with E-state index >= 15 is 0 Å². The molecule has 0 radical (unpaired) electrons. The van der Waals surface area contributed by atoms with Crippen molar-refractivity contribution >= 4 is 28.6 Å². The lowest BCUT2D eigenvalue weighted by atomic mass is 10.1. The molecule has 0 fully saturated rings. The minimum atomic E-state index is -0.962. The monoisotopic (exact) mass is 370 g/mol. The summed E-state index contributed by atoms with van der Waals surface area (Å²) in [6.45, 7) is 2.15. The number of aryl methyl sites for hydroxylation is 1. The first-order valence-corrected chi connectivity index (χ1v) is 6.61. The van der Waals surface area contributed by atoms with Crippen LogP contribution in [0.4, 0.5) is 0 Å². The van der Waals surface area contributed by atoms with E-state index in [4.69, 9.17) is 5.11 Å². The summed E-state index contributed by atoms with van der Waals surface area (Å²) in [5.41, 5.74) is 1.00. The second-order valence-corrected chi connectivity index (χ2v) is 5.21. The van der Waals surface area contributed by atoms with Crippen LogP contribution in [-0.4, -0.2) is 20.6 Å². The van der Waals surface area contributed by atoms with Gasteiger partial charge in [0, 0.05) is 6.20 Å². The zero-order valence-electron chi connectivity index (χ0n) is 10.1. The maximum Gasteiger partial charge on any atom is 0.335 e. The van der Waals surface area contributed by atoms with Crippen LogP contribution >= 0.6 is 22.6 Å². The van der Waals surface area contributed by atoms with E-state index in [1.165, 1.54) is 12.1 Å². The molecule has 5 nitrogen and oxygen atoms in total. The number of rotatable bonds is 3. The summed E-state index contributed by atoms with van der Waals surface area (Å²) in [6, 6.07) is 6.46. The Morgan fingerprint density at radius 1 is 1.37 bits per heavy atom. The highest BCUT2D eigenvalue weighted by molar-refractivity contribution is 14.1. The zero-order chi connectivity index (χ0) is 14.0. The minimum absolute atomic E-state index is 0.0876. The van der Waals surface area contributed by atoms with Gasteiger partial charge in [0.1, 0.15) is 5.82 Å². The molecule has 0 saturated carbocycles. The van der Waals surface area contributed by atoms with Crippen molar-refractivity contribution in [2.75, 3.05) is 0 Å². The molecule has 0 aliphatic rings. The molecule has 0 aliphatic carbocycles. The summed E-state index contributed by atoms with van der Waals surface area (Å²) in [4.78, 5) is 26.9. The molecule has 0 amide bonds. The van der Waals surface area contributed by atoms with E-state index in [9.17, 15) is 9.59 Å². The maximum absolute atomic E-state index is 12.0. The van der Waals surface area contributed by atoms with Gasteiger partial charge in [-0.1, -0.05) is 12.1 Å². The predicted octanol–water partition coefficient (Wildman–Crippen LogP) is 1.90. The summed E-state index contributed by atoms with van der Waals surface area (Å²) >= 11 is 1.95. The summed E-state index contributed by atoms with van der Waals surface area (Å²) in [7, 11) is 0. The summed E-state index contributed by atoms with van der Waals surface area (Å²) in [5.74, 6) is -0.330. The van der Waals surface area contributed by atoms with Gasteiger partial charge in [-0.15, -0.1) is 0 Å². The third-order valence-electron chi connectivity index (χ3n) is 2.75. The molecule has 0 spiro atoms. The van der Waals surface area contributed by atoms with Gasteiger partial charge in [-0.05, 0) is 47.2 Å². The number of aromatic carboxylic acids is 1. The number of nitrogens with zero attached hydrogens (tertiary/aromatic N) is 2. The fourth-order valence-corrected chi connectivity index (χ4v) is 2.10. The minimum Gasteiger partial charge on any atom is -0.478 e. The number of carboxylic acid groups (broad SMARTS) is 1. The van der Waals surface area contributed by atoms with Gasteiger partial charge in [0.2, 0.25) is 0 Å². The average molecular weight is 370 g/mol. The first-order chi connectivity index (χ1) is 8.99. The van der Waals surface area contributed by atoms with Gasteiger partial charge < -0.3 is 5.11 Å². The average Bonchev–Trinajstić information content (AvgIpc) is 2.40. The largest absolute Gasteiger partial charge is 0.478 e. The van der Waals surface area contributed by atoms with E-state index in [1.54, 1.807) is 29.8 Å². The molecule has 98 valence electrons. The van der Waals surface area contributed by atoms with Gasteiger partial charge in [-0.3, -0.25) is 9.36 Å². The fourth-order valence-electron chi connectivity index (χ4n) is 1.67. The van der Waals surface area contributed by atoms with Crippen molar-refractivity contribution in [2.45, 2.75) is 13.5 Å². The molecule has 2 rings (SSSR count). The van der Waals surface area contributed by atoms with E-state index in [-0.39, 0.29) is 11.1 Å². The maximum atomic E-state index is 12.0. The van der Waals surface area contributed by atoms with Gasteiger partial charge in [-0.2, -0.15) is 0 Å². The molecule has 6 heteroatoms. The summed E-state index contributed by atoms with van der Waals surface area (Å²) < 4.78 is 2.13. The van der Waals surface area contributed by atoms with Crippen LogP contribution in [0.3, 0.4) is 0 Å². The van der Waals surface area contributed by atoms with Crippen LogP contribution in [0.1, 0.15) is 21.7 Å². The Labute approximate surface area is 123 Å². The smallest absolute Gasteiger partial charge is 0.335 e. The molecule has 1 N–H and O–H groups in total. The van der Waals surface area contributed by atoms with Gasteiger partial charge in [-0.25, -0.2) is 9.78 Å². The molecule has 1 aromatic carbocycles. The highest BCUT2D eigenvalue weighted by Gasteiger charge is 2.07. The molecular weight excluding hydrogens is 359 g/mol. The van der Waals surface area contributed by atoms with Crippen molar-refractivity contribution in [1.82, 2.24) is 9.55 Å². The molecule has 0 atom stereocenters. The first-order valence-electron chi connectivity index (χ1n) is 5.53. The Balaban J connectivity index is 2.34. The first kappa shape index (κ1) is 13.7. The van der Waals surface area contributed by atoms with E-state index in [2.05, 4.69) is 4.98 Å². The second-order valence-electron chi connectivity index (χ2n) is 4.05. The molecule has 19 heavy (non-hydrogen) atoms. The Morgan fingerprint density at radius 3 is 2.58 bits per heavy atom. The third-order valence-corrected chi connectivity index (χ3v) is 3.49. The van der Waals surface area contributed by atoms with Crippen LogP contribution in [-0.2, 0) is 6.54 Å². The van der Waals surface area contributed by atoms with Crippen molar-refractivity contribution in [1.29, 1.82) is 0 Å². The third kappa shape index (κ3) is 3.01. The molecular formula is C13H11IN2O3. The zero-order valence-corrected chi connectivity index (χ0v) is 12.3. The number of carbonyl (C=O) groups is 1. The fraction of sp³-hybridized carbons (Fsp3) is 0.154. The normalized spacial score (nSPS) is 10.4. The van der Waals surface area contributed by atoms with Crippen molar-refractivity contribution in [3.8, 4) is 0 Å². The highest BCUT2D eigenvalue weighted by atomic mass is 127. The number of benzene rings is 1. The Kier molecular flexibility index (Phi) is 3.98. The SMILES string of the molecule is Cc1ncc(I)c(=O)n1Cc1ccc(C(=O)O)cc1. The number of aromatic nitrogens is 2. The van der Waals surface area contributed by atoms with Crippen LogP contribution in [0, 0.1) is 10.5 Å². The highest BCUT2D eigenvalue weighted by Crippen LogP contribution is 2.07. The van der Waals surface area contributed by atoms with Crippen molar-refractivity contribution in [2.24, 2.45) is 0 Å². The van der Waals surface area contributed by atoms with Gasteiger partial charge >= 0.3 is 5.97 Å². The molecule has 0 bridgehead atoms. The van der Waals surface area contributed by atoms with Gasteiger partial charge in [0.05, 0.1) is 15.7 Å². The van der Waals surface area contributed by atoms with E-state index < -0.39 is 5.97 Å². The molecule has 0 aliphatic heterocycles. The molecule has 1 aromatic heterocycles. The second kappa shape index (κ2) is 5.52.